The Kier molecular flexibility index (Phi) is 6.85. The van der Waals surface area contributed by atoms with Crippen molar-refractivity contribution in [2.24, 2.45) is 5.16 Å². The van der Waals surface area contributed by atoms with Gasteiger partial charge in [0.25, 0.3) is 11.6 Å². The zero-order chi connectivity index (χ0) is 24.1. The maximum Gasteiger partial charge on any atom is 0.278 e. The highest BCUT2D eigenvalue weighted by Crippen LogP contribution is 2.23. The number of fused-ring (bicyclic) bond motifs is 1. The monoisotopic (exact) mass is 482 g/mol. The molecule has 1 aliphatic heterocycles. The molecule has 0 atom stereocenters. The summed E-state index contributed by atoms with van der Waals surface area (Å²) in [5.41, 5.74) is 0.136. The van der Waals surface area contributed by atoms with Gasteiger partial charge in [0.1, 0.15) is 0 Å². The van der Waals surface area contributed by atoms with Crippen molar-refractivity contribution in [3.8, 4) is 0 Å². The van der Waals surface area contributed by atoms with Gasteiger partial charge in [-0.15, -0.1) is 0 Å². The van der Waals surface area contributed by atoms with Gasteiger partial charge < -0.3 is 9.74 Å². The van der Waals surface area contributed by atoms with E-state index in [2.05, 4.69) is 5.16 Å². The van der Waals surface area contributed by atoms with E-state index in [1.807, 2.05) is 24.3 Å². The molecule has 0 saturated carbocycles. The Labute approximate surface area is 196 Å². The summed E-state index contributed by atoms with van der Waals surface area (Å²) in [6, 6.07) is 18.6. The summed E-state index contributed by atoms with van der Waals surface area (Å²) in [7, 11) is -3.68. The lowest BCUT2D eigenvalue weighted by Crippen LogP contribution is -2.51. The van der Waals surface area contributed by atoms with E-state index >= 15 is 0 Å². The first kappa shape index (κ1) is 23.3. The first-order valence-electron chi connectivity index (χ1n) is 10.5. The van der Waals surface area contributed by atoms with E-state index in [0.29, 0.717) is 0 Å². The summed E-state index contributed by atoms with van der Waals surface area (Å²) in [4.78, 5) is 29.6. The number of nitrogens with zero attached hydrogens (tertiary/aromatic N) is 4. The molecule has 0 N–H and O–H groups in total. The predicted octanol–water partition coefficient (Wildman–Crippen LogP) is 2.63. The van der Waals surface area contributed by atoms with E-state index in [-0.39, 0.29) is 54.8 Å². The lowest BCUT2D eigenvalue weighted by molar-refractivity contribution is -0.385. The molecular weight excluding hydrogens is 460 g/mol. The number of piperazine rings is 1. The molecule has 0 unspecified atom stereocenters. The van der Waals surface area contributed by atoms with E-state index < -0.39 is 14.9 Å². The fraction of sp³-hybridized carbons (Fsp3) is 0.217. The Balaban J connectivity index is 1.31. The Morgan fingerprint density at radius 3 is 2.41 bits per heavy atom. The van der Waals surface area contributed by atoms with E-state index in [0.717, 1.165) is 10.8 Å². The van der Waals surface area contributed by atoms with Gasteiger partial charge in [0.05, 0.1) is 21.6 Å². The molecule has 0 radical (unpaired) electrons. The second-order valence-corrected chi connectivity index (χ2v) is 9.56. The standard InChI is InChI=1S/C23H22N4O6S/c28-23(17-33-24-16-20-7-3-4-8-22(20)27(29)30)25-11-13-26(14-12-25)34(31,32)21-10-9-18-5-1-2-6-19(18)15-21/h1-10,15-16H,11-14,17H2/b24-16+. The summed E-state index contributed by atoms with van der Waals surface area (Å²) in [5.74, 6) is -0.345. The van der Waals surface area contributed by atoms with Crippen LogP contribution in [-0.4, -0.2) is 67.5 Å². The fourth-order valence-corrected chi connectivity index (χ4v) is 5.15. The van der Waals surface area contributed by atoms with Crippen molar-refractivity contribution in [1.29, 1.82) is 0 Å². The molecule has 3 aromatic rings. The summed E-state index contributed by atoms with van der Waals surface area (Å²) >= 11 is 0. The molecule has 1 aliphatic rings. The maximum atomic E-state index is 13.1. The number of hydrogen-bond acceptors (Lipinski definition) is 7. The number of benzene rings is 3. The molecule has 1 fully saturated rings. The largest absolute Gasteiger partial charge is 0.386 e. The topological polar surface area (TPSA) is 122 Å². The van der Waals surface area contributed by atoms with Gasteiger partial charge in [0.2, 0.25) is 10.0 Å². The van der Waals surface area contributed by atoms with E-state index in [9.17, 15) is 23.3 Å². The number of oxime groups is 1. The predicted molar refractivity (Wildman–Crippen MR) is 126 cm³/mol. The minimum atomic E-state index is -3.68. The summed E-state index contributed by atoms with van der Waals surface area (Å²) in [6.45, 7) is 0.432. The number of para-hydroxylation sites is 1. The van der Waals surface area contributed by atoms with Gasteiger partial charge in [0.15, 0.2) is 6.61 Å². The van der Waals surface area contributed by atoms with Crippen molar-refractivity contribution in [3.05, 3.63) is 82.4 Å². The number of amides is 1. The number of nitro groups is 1. The zero-order valence-electron chi connectivity index (χ0n) is 18.1. The van der Waals surface area contributed by atoms with Crippen LogP contribution in [0.25, 0.3) is 10.8 Å². The fourth-order valence-electron chi connectivity index (χ4n) is 3.70. The van der Waals surface area contributed by atoms with Crippen LogP contribution < -0.4 is 0 Å². The maximum absolute atomic E-state index is 13.1. The van der Waals surface area contributed by atoms with E-state index in [1.165, 1.54) is 27.6 Å². The van der Waals surface area contributed by atoms with E-state index in [1.54, 1.807) is 30.3 Å². The Bertz CT molecular complexity index is 1350. The zero-order valence-corrected chi connectivity index (χ0v) is 18.9. The molecule has 0 aromatic heterocycles. The molecule has 4 rings (SSSR count). The molecule has 3 aromatic carbocycles. The number of hydrogen-bond donors (Lipinski definition) is 0. The van der Waals surface area contributed by atoms with Gasteiger partial charge in [-0.3, -0.25) is 14.9 Å². The summed E-state index contributed by atoms with van der Waals surface area (Å²) < 4.78 is 27.5. The van der Waals surface area contributed by atoms with Gasteiger partial charge in [-0.2, -0.15) is 4.31 Å². The smallest absolute Gasteiger partial charge is 0.278 e. The van der Waals surface area contributed by atoms with Crippen LogP contribution in [0.3, 0.4) is 0 Å². The third-order valence-corrected chi connectivity index (χ3v) is 7.43. The number of carbonyl (C=O) groups excluding carboxylic acids is 1. The van der Waals surface area contributed by atoms with Crippen molar-refractivity contribution < 1.29 is 23.0 Å². The summed E-state index contributed by atoms with van der Waals surface area (Å²) in [6.07, 6.45) is 1.18. The van der Waals surface area contributed by atoms with Crippen molar-refractivity contribution >= 4 is 38.6 Å². The van der Waals surface area contributed by atoms with Crippen LogP contribution in [-0.2, 0) is 19.7 Å². The van der Waals surface area contributed by atoms with Crippen LogP contribution in [0.15, 0.2) is 76.8 Å². The first-order valence-corrected chi connectivity index (χ1v) is 12.0. The molecule has 1 amide bonds. The first-order chi connectivity index (χ1) is 16.4. The highest BCUT2D eigenvalue weighted by atomic mass is 32.2. The third kappa shape index (κ3) is 5.05. The molecule has 0 spiro atoms. The molecule has 0 aliphatic carbocycles. The van der Waals surface area contributed by atoms with Crippen LogP contribution in [0.4, 0.5) is 5.69 Å². The van der Waals surface area contributed by atoms with Gasteiger partial charge in [-0.1, -0.05) is 47.6 Å². The molecule has 1 heterocycles. The van der Waals surface area contributed by atoms with Crippen LogP contribution in [0.1, 0.15) is 5.56 Å². The van der Waals surface area contributed by atoms with Crippen LogP contribution in [0.2, 0.25) is 0 Å². The Morgan fingerprint density at radius 2 is 1.68 bits per heavy atom. The van der Waals surface area contributed by atoms with E-state index in [4.69, 9.17) is 4.84 Å². The van der Waals surface area contributed by atoms with Crippen molar-refractivity contribution in [1.82, 2.24) is 9.21 Å². The average Bonchev–Trinajstić information content (AvgIpc) is 2.86. The van der Waals surface area contributed by atoms with Gasteiger partial charge in [-0.25, -0.2) is 8.42 Å². The quantitative estimate of drug-likeness (QED) is 0.290. The van der Waals surface area contributed by atoms with Crippen molar-refractivity contribution in [3.63, 3.8) is 0 Å². The normalized spacial score (nSPS) is 15.0. The highest BCUT2D eigenvalue weighted by Gasteiger charge is 2.30. The number of nitro benzene ring substituents is 1. The van der Waals surface area contributed by atoms with Gasteiger partial charge in [-0.05, 0) is 29.0 Å². The summed E-state index contributed by atoms with van der Waals surface area (Å²) in [5, 5.41) is 16.5. The number of sulfonamides is 1. The van der Waals surface area contributed by atoms with Gasteiger partial charge >= 0.3 is 0 Å². The van der Waals surface area contributed by atoms with Crippen molar-refractivity contribution in [2.75, 3.05) is 32.8 Å². The molecule has 0 bridgehead atoms. The molecule has 34 heavy (non-hydrogen) atoms. The molecule has 10 nitrogen and oxygen atoms in total. The minimum absolute atomic E-state index is 0.120. The second kappa shape index (κ2) is 9.98. The van der Waals surface area contributed by atoms with Crippen molar-refractivity contribution in [2.45, 2.75) is 4.90 Å². The van der Waals surface area contributed by atoms with Gasteiger partial charge in [0, 0.05) is 32.2 Å². The molecule has 176 valence electrons. The number of carbonyl (C=O) groups is 1. The Hall–Kier alpha value is -3.83. The Morgan fingerprint density at radius 1 is 1.00 bits per heavy atom. The second-order valence-electron chi connectivity index (χ2n) is 7.62. The number of rotatable bonds is 7. The molecule has 1 saturated heterocycles. The van der Waals surface area contributed by atoms with Crippen LogP contribution in [0.5, 0.6) is 0 Å². The highest BCUT2D eigenvalue weighted by molar-refractivity contribution is 7.89. The third-order valence-electron chi connectivity index (χ3n) is 5.54. The molecular formula is C23H22N4O6S. The minimum Gasteiger partial charge on any atom is -0.386 e. The lowest BCUT2D eigenvalue weighted by Gasteiger charge is -2.33. The van der Waals surface area contributed by atoms with Crippen LogP contribution in [0, 0.1) is 10.1 Å². The average molecular weight is 483 g/mol. The molecule has 11 heteroatoms. The SMILES string of the molecule is O=C(CO/N=C/c1ccccc1[N+](=O)[O-])N1CCN(S(=O)(=O)c2ccc3ccccc3c2)CC1. The van der Waals surface area contributed by atoms with Crippen LogP contribution >= 0.6 is 0 Å². The lowest BCUT2D eigenvalue weighted by atomic mass is 10.1.